The number of hydrogen-bond acceptors (Lipinski definition) is 2. The molecule has 1 aromatic heterocycles. The maximum atomic E-state index is 4.43. The predicted octanol–water partition coefficient (Wildman–Crippen LogP) is 3.67. The van der Waals surface area contributed by atoms with Crippen LogP contribution in [0.15, 0.2) is 24.4 Å². The predicted molar refractivity (Wildman–Crippen MR) is 78.6 cm³/mol. The zero-order chi connectivity index (χ0) is 13.4. The topological polar surface area (TPSA) is 24.9 Å². The van der Waals surface area contributed by atoms with E-state index in [2.05, 4.69) is 50.1 Å². The number of nitrogens with zero attached hydrogens (tertiary/aromatic N) is 1. The molecule has 1 aromatic rings. The molecule has 2 unspecified atom stereocenters. The van der Waals surface area contributed by atoms with Crippen LogP contribution in [0.4, 0.5) is 0 Å². The third kappa shape index (κ3) is 6.15. The summed E-state index contributed by atoms with van der Waals surface area (Å²) >= 11 is 0. The Kier molecular flexibility index (Phi) is 6.96. The Morgan fingerprint density at radius 1 is 1.17 bits per heavy atom. The summed E-state index contributed by atoms with van der Waals surface area (Å²) < 4.78 is 0. The lowest BCUT2D eigenvalue weighted by molar-refractivity contribution is 0.352. The molecule has 0 spiro atoms. The largest absolute Gasteiger partial charge is 0.314 e. The quantitative estimate of drug-likeness (QED) is 0.759. The SMILES string of the molecule is CCNC(Cc1ccccn1)CC(C)CC(C)C. The highest BCUT2D eigenvalue weighted by Crippen LogP contribution is 2.18. The molecule has 0 aliphatic heterocycles. The van der Waals surface area contributed by atoms with Crippen molar-refractivity contribution in [1.29, 1.82) is 0 Å². The van der Waals surface area contributed by atoms with Crippen LogP contribution in [0.2, 0.25) is 0 Å². The van der Waals surface area contributed by atoms with Crippen LogP contribution in [-0.4, -0.2) is 17.6 Å². The Morgan fingerprint density at radius 2 is 1.94 bits per heavy atom. The van der Waals surface area contributed by atoms with Gasteiger partial charge < -0.3 is 5.32 Å². The van der Waals surface area contributed by atoms with Gasteiger partial charge in [-0.1, -0.05) is 33.8 Å². The lowest BCUT2D eigenvalue weighted by Crippen LogP contribution is -2.33. The molecule has 1 rings (SSSR count). The van der Waals surface area contributed by atoms with Crippen molar-refractivity contribution in [1.82, 2.24) is 10.3 Å². The van der Waals surface area contributed by atoms with Gasteiger partial charge in [-0.3, -0.25) is 4.98 Å². The Labute approximate surface area is 112 Å². The second kappa shape index (κ2) is 8.25. The molecule has 1 heterocycles. The molecule has 0 bridgehead atoms. The molecule has 0 fully saturated rings. The van der Waals surface area contributed by atoms with Crippen molar-refractivity contribution < 1.29 is 0 Å². The lowest BCUT2D eigenvalue weighted by Gasteiger charge is -2.22. The summed E-state index contributed by atoms with van der Waals surface area (Å²) in [5.74, 6) is 1.56. The maximum Gasteiger partial charge on any atom is 0.0419 e. The normalized spacial score (nSPS) is 14.7. The highest BCUT2D eigenvalue weighted by atomic mass is 14.9. The van der Waals surface area contributed by atoms with Crippen LogP contribution in [0.1, 0.15) is 46.2 Å². The van der Waals surface area contributed by atoms with Gasteiger partial charge in [-0.05, 0) is 43.4 Å². The molecule has 2 nitrogen and oxygen atoms in total. The number of aromatic nitrogens is 1. The zero-order valence-corrected chi connectivity index (χ0v) is 12.3. The van der Waals surface area contributed by atoms with Crippen molar-refractivity contribution in [2.75, 3.05) is 6.54 Å². The molecule has 2 atom stereocenters. The van der Waals surface area contributed by atoms with E-state index in [9.17, 15) is 0 Å². The maximum absolute atomic E-state index is 4.43. The molecule has 0 amide bonds. The summed E-state index contributed by atoms with van der Waals surface area (Å²) in [6, 6.07) is 6.73. The lowest BCUT2D eigenvalue weighted by atomic mass is 9.91. The summed E-state index contributed by atoms with van der Waals surface area (Å²) in [6.45, 7) is 10.2. The van der Waals surface area contributed by atoms with Crippen LogP contribution in [0.5, 0.6) is 0 Å². The minimum atomic E-state index is 0.554. The van der Waals surface area contributed by atoms with Crippen LogP contribution in [0, 0.1) is 11.8 Å². The van der Waals surface area contributed by atoms with Gasteiger partial charge in [-0.2, -0.15) is 0 Å². The Bertz CT molecular complexity index is 308. The van der Waals surface area contributed by atoms with Crippen molar-refractivity contribution in [3.05, 3.63) is 30.1 Å². The van der Waals surface area contributed by atoms with Crippen LogP contribution < -0.4 is 5.32 Å². The Morgan fingerprint density at radius 3 is 2.50 bits per heavy atom. The summed E-state index contributed by atoms with van der Waals surface area (Å²) in [5, 5.41) is 3.60. The number of likely N-dealkylation sites (N-methyl/N-ethyl adjacent to an activating group) is 1. The summed E-state index contributed by atoms with van der Waals surface area (Å²) in [4.78, 5) is 4.43. The van der Waals surface area contributed by atoms with Gasteiger partial charge in [0, 0.05) is 24.4 Å². The highest BCUT2D eigenvalue weighted by molar-refractivity contribution is 5.05. The second-order valence-electron chi connectivity index (χ2n) is 5.75. The molecule has 0 saturated carbocycles. The van der Waals surface area contributed by atoms with Gasteiger partial charge in [-0.25, -0.2) is 0 Å². The number of pyridine rings is 1. The average molecular weight is 248 g/mol. The van der Waals surface area contributed by atoms with E-state index >= 15 is 0 Å². The number of nitrogens with one attached hydrogen (secondary N) is 1. The standard InChI is InChI=1S/C16H28N2/c1-5-17-16(11-14(4)10-13(2)3)12-15-8-6-7-9-18-15/h6-9,13-14,16-17H,5,10-12H2,1-4H3. The third-order valence-corrected chi connectivity index (χ3v) is 3.24. The fraction of sp³-hybridized carbons (Fsp3) is 0.688. The van der Waals surface area contributed by atoms with E-state index in [1.54, 1.807) is 0 Å². The van der Waals surface area contributed by atoms with E-state index in [1.165, 1.54) is 18.5 Å². The molecule has 1 N–H and O–H groups in total. The third-order valence-electron chi connectivity index (χ3n) is 3.24. The van der Waals surface area contributed by atoms with E-state index in [1.807, 2.05) is 12.3 Å². The number of hydrogen-bond donors (Lipinski definition) is 1. The van der Waals surface area contributed by atoms with Crippen LogP contribution in [0.3, 0.4) is 0 Å². The molecular formula is C16H28N2. The van der Waals surface area contributed by atoms with Crippen molar-refractivity contribution in [3.8, 4) is 0 Å². The zero-order valence-electron chi connectivity index (χ0n) is 12.3. The van der Waals surface area contributed by atoms with Crippen LogP contribution >= 0.6 is 0 Å². The summed E-state index contributed by atoms with van der Waals surface area (Å²) in [5.41, 5.74) is 1.19. The van der Waals surface area contributed by atoms with Crippen LogP contribution in [0.25, 0.3) is 0 Å². The average Bonchev–Trinajstić information content (AvgIpc) is 2.29. The van der Waals surface area contributed by atoms with E-state index in [0.29, 0.717) is 6.04 Å². The minimum Gasteiger partial charge on any atom is -0.314 e. The van der Waals surface area contributed by atoms with Gasteiger partial charge in [0.25, 0.3) is 0 Å². The molecule has 102 valence electrons. The smallest absolute Gasteiger partial charge is 0.0419 e. The first-order chi connectivity index (χ1) is 8.61. The second-order valence-corrected chi connectivity index (χ2v) is 5.75. The Balaban J connectivity index is 2.49. The minimum absolute atomic E-state index is 0.554. The number of rotatable bonds is 8. The highest BCUT2D eigenvalue weighted by Gasteiger charge is 2.14. The molecule has 0 aromatic carbocycles. The van der Waals surface area contributed by atoms with Crippen molar-refractivity contribution in [2.24, 2.45) is 11.8 Å². The van der Waals surface area contributed by atoms with Gasteiger partial charge in [-0.15, -0.1) is 0 Å². The molecular weight excluding hydrogens is 220 g/mol. The van der Waals surface area contributed by atoms with Crippen molar-refractivity contribution in [2.45, 2.75) is 53.0 Å². The van der Waals surface area contributed by atoms with Gasteiger partial charge >= 0.3 is 0 Å². The van der Waals surface area contributed by atoms with Gasteiger partial charge in [0.1, 0.15) is 0 Å². The molecule has 0 saturated heterocycles. The van der Waals surface area contributed by atoms with Gasteiger partial charge in [0.15, 0.2) is 0 Å². The fourth-order valence-corrected chi connectivity index (χ4v) is 2.69. The van der Waals surface area contributed by atoms with E-state index in [-0.39, 0.29) is 0 Å². The first-order valence-electron chi connectivity index (χ1n) is 7.25. The van der Waals surface area contributed by atoms with E-state index in [0.717, 1.165) is 24.8 Å². The summed E-state index contributed by atoms with van der Waals surface area (Å²) in [7, 11) is 0. The van der Waals surface area contributed by atoms with E-state index in [4.69, 9.17) is 0 Å². The van der Waals surface area contributed by atoms with Crippen LogP contribution in [-0.2, 0) is 6.42 Å². The molecule has 2 heteroatoms. The van der Waals surface area contributed by atoms with Gasteiger partial charge in [0.2, 0.25) is 0 Å². The monoisotopic (exact) mass is 248 g/mol. The van der Waals surface area contributed by atoms with E-state index < -0.39 is 0 Å². The molecule has 0 aliphatic rings. The van der Waals surface area contributed by atoms with Crippen molar-refractivity contribution in [3.63, 3.8) is 0 Å². The first-order valence-corrected chi connectivity index (χ1v) is 7.25. The van der Waals surface area contributed by atoms with Gasteiger partial charge in [0.05, 0.1) is 0 Å². The van der Waals surface area contributed by atoms with Crippen molar-refractivity contribution >= 4 is 0 Å². The molecule has 0 radical (unpaired) electrons. The molecule has 0 aliphatic carbocycles. The molecule has 18 heavy (non-hydrogen) atoms. The summed E-state index contributed by atoms with van der Waals surface area (Å²) in [6.07, 6.45) is 5.47. The Hall–Kier alpha value is -0.890. The fourth-order valence-electron chi connectivity index (χ4n) is 2.69. The first kappa shape index (κ1) is 15.2.